The number of carbonyl (C=O) groups is 2. The number of aryl methyl sites for hydroxylation is 1. The van der Waals surface area contributed by atoms with Gasteiger partial charge in [-0.05, 0) is 30.5 Å². The third kappa shape index (κ3) is 4.42. The molecule has 8 nitrogen and oxygen atoms in total. The molecule has 0 aliphatic heterocycles. The van der Waals surface area contributed by atoms with Gasteiger partial charge < -0.3 is 25.0 Å². The third-order valence-corrected chi connectivity index (χ3v) is 5.76. The van der Waals surface area contributed by atoms with Crippen molar-refractivity contribution in [1.82, 2.24) is 15.8 Å². The number of aliphatic hydroxyl groups excluding tert-OH is 1. The molecule has 164 valence electrons. The summed E-state index contributed by atoms with van der Waals surface area (Å²) in [5, 5.41) is 19.8. The van der Waals surface area contributed by atoms with Gasteiger partial charge in [0, 0.05) is 30.7 Å². The van der Waals surface area contributed by atoms with Gasteiger partial charge in [-0.1, -0.05) is 23.7 Å². The van der Waals surface area contributed by atoms with E-state index in [4.69, 9.17) is 20.9 Å². The van der Waals surface area contributed by atoms with Crippen molar-refractivity contribution in [3.63, 3.8) is 0 Å². The predicted octanol–water partition coefficient (Wildman–Crippen LogP) is 2.51. The first-order chi connectivity index (χ1) is 14.8. The minimum absolute atomic E-state index is 0.0380. The zero-order valence-electron chi connectivity index (χ0n) is 16.7. The summed E-state index contributed by atoms with van der Waals surface area (Å²) in [7, 11) is 0. The Labute approximate surface area is 182 Å². The van der Waals surface area contributed by atoms with Crippen LogP contribution in [0.3, 0.4) is 0 Å². The van der Waals surface area contributed by atoms with Gasteiger partial charge in [0.1, 0.15) is 17.3 Å². The Bertz CT molecular complexity index is 1060. The Kier molecular flexibility index (Phi) is 5.72. The van der Waals surface area contributed by atoms with Gasteiger partial charge in [0.05, 0.1) is 16.7 Å². The molecule has 1 unspecified atom stereocenters. The Morgan fingerprint density at radius 2 is 2.16 bits per heavy atom. The topological polar surface area (TPSA) is 114 Å². The maximum Gasteiger partial charge on any atom is 0.273 e. The second kappa shape index (κ2) is 8.32. The van der Waals surface area contributed by atoms with Crippen LogP contribution in [0.5, 0.6) is 5.75 Å². The molecule has 0 radical (unpaired) electrons. The van der Waals surface area contributed by atoms with Crippen molar-refractivity contribution in [3.8, 4) is 5.75 Å². The van der Waals surface area contributed by atoms with Crippen LogP contribution in [0, 0.1) is 5.82 Å². The van der Waals surface area contributed by atoms with Gasteiger partial charge in [-0.2, -0.15) is 0 Å². The second-order valence-corrected chi connectivity index (χ2v) is 8.18. The van der Waals surface area contributed by atoms with E-state index in [1.165, 1.54) is 12.1 Å². The van der Waals surface area contributed by atoms with Crippen LogP contribution in [0.2, 0.25) is 5.02 Å². The number of fused-ring (bicyclic) bond motifs is 2. The zero-order valence-corrected chi connectivity index (χ0v) is 17.5. The van der Waals surface area contributed by atoms with Crippen LogP contribution in [-0.2, 0) is 11.2 Å². The van der Waals surface area contributed by atoms with Crippen LogP contribution in [0.1, 0.15) is 42.4 Å². The molecule has 1 aromatic heterocycles. The molecular formula is C21H21ClFN3O5. The van der Waals surface area contributed by atoms with E-state index >= 15 is 0 Å². The SMILES string of the molecule is CCc1cc(C(=O)NC23CC(=C(NC(=O)COc4ccc(Cl)c(F)c4)C(O)C2)C3)no1. The fraction of sp³-hybridized carbons (Fsp3) is 0.381. The summed E-state index contributed by atoms with van der Waals surface area (Å²) in [6.07, 6.45) is 1.01. The summed E-state index contributed by atoms with van der Waals surface area (Å²) >= 11 is 5.62. The van der Waals surface area contributed by atoms with Crippen LogP contribution < -0.4 is 15.4 Å². The van der Waals surface area contributed by atoms with Gasteiger partial charge in [-0.25, -0.2) is 4.39 Å². The van der Waals surface area contributed by atoms with Crippen molar-refractivity contribution in [2.24, 2.45) is 0 Å². The van der Waals surface area contributed by atoms with Gasteiger partial charge in [0.2, 0.25) is 0 Å². The molecule has 3 aliphatic carbocycles. The second-order valence-electron chi connectivity index (χ2n) is 7.77. The standard InChI is InChI=1S/C21H21ClFN3O5/c1-2-12-6-16(26-31-12)20(29)25-21-7-11(8-21)19(17(27)9-21)24-18(28)10-30-13-3-4-14(22)15(23)5-13/h3-6,17,27H,2,7-10H2,1H3,(H,24,28)(H,25,29). The highest BCUT2D eigenvalue weighted by molar-refractivity contribution is 6.30. The number of aromatic nitrogens is 1. The number of hydrogen-bond acceptors (Lipinski definition) is 6. The highest BCUT2D eigenvalue weighted by Crippen LogP contribution is 2.47. The van der Waals surface area contributed by atoms with Crippen molar-refractivity contribution in [1.29, 1.82) is 0 Å². The number of ether oxygens (including phenoxy) is 1. The molecule has 1 atom stereocenters. The molecule has 1 saturated carbocycles. The number of amides is 2. The quantitative estimate of drug-likeness (QED) is 0.598. The fourth-order valence-corrected chi connectivity index (χ4v) is 4.03. The summed E-state index contributed by atoms with van der Waals surface area (Å²) in [6, 6.07) is 5.48. The first-order valence-electron chi connectivity index (χ1n) is 9.84. The summed E-state index contributed by atoms with van der Waals surface area (Å²) < 4.78 is 23.8. The maximum atomic E-state index is 13.4. The average molecular weight is 450 g/mol. The maximum absolute atomic E-state index is 13.4. The van der Waals surface area contributed by atoms with Crippen molar-refractivity contribution in [2.75, 3.05) is 6.61 Å². The molecule has 31 heavy (non-hydrogen) atoms. The van der Waals surface area contributed by atoms with Crippen molar-refractivity contribution < 1.29 is 28.3 Å². The molecule has 2 bridgehead atoms. The lowest BCUT2D eigenvalue weighted by molar-refractivity contribution is -0.123. The summed E-state index contributed by atoms with van der Waals surface area (Å²) in [4.78, 5) is 24.7. The number of nitrogens with one attached hydrogen (secondary N) is 2. The van der Waals surface area contributed by atoms with E-state index in [1.807, 2.05) is 6.92 Å². The summed E-state index contributed by atoms with van der Waals surface area (Å²) in [5.74, 6) is -0.685. The van der Waals surface area contributed by atoms with Crippen LogP contribution >= 0.6 is 11.6 Å². The van der Waals surface area contributed by atoms with Crippen LogP contribution in [0.15, 0.2) is 40.1 Å². The van der Waals surface area contributed by atoms with Crippen molar-refractivity contribution in [2.45, 2.75) is 44.2 Å². The lowest BCUT2D eigenvalue weighted by Crippen LogP contribution is -2.61. The van der Waals surface area contributed by atoms with Crippen molar-refractivity contribution in [3.05, 3.63) is 57.8 Å². The predicted molar refractivity (Wildman–Crippen MR) is 108 cm³/mol. The Hall–Kier alpha value is -2.91. The lowest BCUT2D eigenvalue weighted by atomic mass is 9.63. The first-order valence-corrected chi connectivity index (χ1v) is 10.2. The number of carbonyl (C=O) groups excluding carboxylic acids is 2. The van der Waals surface area contributed by atoms with Crippen LogP contribution in [0.4, 0.5) is 4.39 Å². The Balaban J connectivity index is 1.33. The lowest BCUT2D eigenvalue weighted by Gasteiger charge is -2.51. The van der Waals surface area contributed by atoms with E-state index in [0.717, 1.165) is 11.6 Å². The molecule has 2 amide bonds. The van der Waals surface area contributed by atoms with Crippen molar-refractivity contribution >= 4 is 23.4 Å². The number of halogens is 2. The molecule has 0 spiro atoms. The Morgan fingerprint density at radius 1 is 1.39 bits per heavy atom. The molecule has 5 rings (SSSR count). The third-order valence-electron chi connectivity index (χ3n) is 5.46. The molecule has 2 aromatic rings. The fourth-order valence-electron chi connectivity index (χ4n) is 3.91. The molecule has 3 N–H and O–H groups in total. The summed E-state index contributed by atoms with van der Waals surface area (Å²) in [6.45, 7) is 1.55. The molecule has 0 saturated heterocycles. The molecule has 3 aliphatic rings. The van der Waals surface area contributed by atoms with Gasteiger partial charge in [0.25, 0.3) is 11.8 Å². The van der Waals surface area contributed by atoms with E-state index in [-0.39, 0.29) is 35.4 Å². The van der Waals surface area contributed by atoms with Gasteiger partial charge >= 0.3 is 0 Å². The molecule has 1 fully saturated rings. The Morgan fingerprint density at radius 3 is 2.81 bits per heavy atom. The molecule has 1 aromatic carbocycles. The average Bonchev–Trinajstić information content (AvgIpc) is 3.19. The minimum atomic E-state index is -0.932. The van der Waals surface area contributed by atoms with E-state index < -0.39 is 23.4 Å². The first kappa shape index (κ1) is 21.3. The number of aliphatic hydroxyl groups is 1. The summed E-state index contributed by atoms with van der Waals surface area (Å²) in [5.41, 5.74) is 0.928. The number of nitrogens with zero attached hydrogens (tertiary/aromatic N) is 1. The van der Waals surface area contributed by atoms with E-state index in [0.29, 0.717) is 30.7 Å². The van der Waals surface area contributed by atoms with E-state index in [1.54, 1.807) is 6.07 Å². The highest BCUT2D eigenvalue weighted by Gasteiger charge is 2.50. The number of hydrogen-bond donors (Lipinski definition) is 3. The minimum Gasteiger partial charge on any atom is -0.484 e. The monoisotopic (exact) mass is 449 g/mol. The molecule has 10 heteroatoms. The van der Waals surface area contributed by atoms with Gasteiger partial charge in [0.15, 0.2) is 12.3 Å². The molecular weight excluding hydrogens is 429 g/mol. The zero-order chi connectivity index (χ0) is 22.2. The van der Waals surface area contributed by atoms with E-state index in [9.17, 15) is 19.1 Å². The highest BCUT2D eigenvalue weighted by atomic mass is 35.5. The number of benzene rings is 1. The smallest absolute Gasteiger partial charge is 0.273 e. The van der Waals surface area contributed by atoms with E-state index in [2.05, 4.69) is 15.8 Å². The van der Waals surface area contributed by atoms with Gasteiger partial charge in [-0.15, -0.1) is 0 Å². The van der Waals surface area contributed by atoms with Gasteiger partial charge in [-0.3, -0.25) is 9.59 Å². The number of rotatable bonds is 7. The molecule has 1 heterocycles. The largest absolute Gasteiger partial charge is 0.484 e. The van der Waals surface area contributed by atoms with Crippen LogP contribution in [0.25, 0.3) is 0 Å². The normalized spacial score (nSPS) is 22.0. The van der Waals surface area contributed by atoms with Crippen LogP contribution in [-0.4, -0.2) is 40.3 Å².